The number of benzene rings is 1. The first kappa shape index (κ1) is 12.2. The van der Waals surface area contributed by atoms with Crippen LogP contribution >= 0.6 is 0 Å². The fourth-order valence-corrected chi connectivity index (χ4v) is 5.31. The minimum Gasteiger partial charge on any atom is -0.385 e. The topological polar surface area (TPSA) is 20.2 Å². The Morgan fingerprint density at radius 3 is 2.28 bits per heavy atom. The molecule has 2 aliphatic rings. The molecule has 0 aliphatic heterocycles. The van der Waals surface area contributed by atoms with Gasteiger partial charge in [-0.3, -0.25) is 0 Å². The lowest BCUT2D eigenvalue weighted by Gasteiger charge is -2.51. The van der Waals surface area contributed by atoms with E-state index in [0.29, 0.717) is 5.92 Å². The molecule has 0 spiro atoms. The van der Waals surface area contributed by atoms with Crippen molar-refractivity contribution in [3.8, 4) is 0 Å². The zero-order valence-electron chi connectivity index (χ0n) is 12.0. The van der Waals surface area contributed by atoms with E-state index in [2.05, 4.69) is 45.0 Å². The Bertz CT molecular complexity index is 486. The average Bonchev–Trinajstić information content (AvgIpc) is 2.45. The van der Waals surface area contributed by atoms with E-state index in [4.69, 9.17) is 0 Å². The first-order chi connectivity index (χ1) is 8.30. The molecule has 0 radical (unpaired) electrons. The van der Waals surface area contributed by atoms with Gasteiger partial charge >= 0.3 is 0 Å². The molecule has 1 N–H and O–H groups in total. The summed E-state index contributed by atoms with van der Waals surface area (Å²) in [6.45, 7) is 9.04. The summed E-state index contributed by atoms with van der Waals surface area (Å²) in [5, 5.41) is 11.1. The Morgan fingerprint density at radius 1 is 1.00 bits per heavy atom. The second kappa shape index (κ2) is 3.39. The normalized spacial score (nSPS) is 41.3. The molecule has 1 aromatic carbocycles. The van der Waals surface area contributed by atoms with Gasteiger partial charge in [0, 0.05) is 5.92 Å². The maximum atomic E-state index is 11.1. The van der Waals surface area contributed by atoms with Crippen LogP contribution in [0.4, 0.5) is 0 Å². The second-order valence-corrected chi connectivity index (χ2v) is 7.39. The van der Waals surface area contributed by atoms with Crippen molar-refractivity contribution in [2.75, 3.05) is 0 Å². The van der Waals surface area contributed by atoms with Gasteiger partial charge in [0.1, 0.15) is 0 Å². The molecule has 0 aromatic heterocycles. The summed E-state index contributed by atoms with van der Waals surface area (Å²) in [6, 6.07) is 8.52. The maximum absolute atomic E-state index is 11.1. The van der Waals surface area contributed by atoms with Crippen LogP contribution in [-0.4, -0.2) is 5.11 Å². The van der Waals surface area contributed by atoms with Crippen LogP contribution in [0.2, 0.25) is 0 Å². The summed E-state index contributed by atoms with van der Waals surface area (Å²) < 4.78 is 0. The maximum Gasteiger partial charge on any atom is 0.0912 e. The molecule has 3 atom stereocenters. The van der Waals surface area contributed by atoms with Crippen molar-refractivity contribution in [2.45, 2.75) is 58.0 Å². The molecule has 1 unspecified atom stereocenters. The minimum atomic E-state index is -0.685. The summed E-state index contributed by atoms with van der Waals surface area (Å²) in [5.74, 6) is 0.323. The van der Waals surface area contributed by atoms with Gasteiger partial charge < -0.3 is 5.11 Å². The first-order valence-electron chi connectivity index (χ1n) is 7.12. The molecule has 18 heavy (non-hydrogen) atoms. The molecule has 1 fully saturated rings. The number of fused-ring (bicyclic) bond motifs is 3. The number of rotatable bonds is 0. The van der Waals surface area contributed by atoms with Gasteiger partial charge in [0.15, 0.2) is 0 Å². The molecular formula is C17H24O. The van der Waals surface area contributed by atoms with Crippen LogP contribution in [0.25, 0.3) is 0 Å². The Kier molecular flexibility index (Phi) is 2.30. The predicted octanol–water partition coefficient (Wildman–Crippen LogP) is 3.99. The van der Waals surface area contributed by atoms with E-state index in [1.807, 2.05) is 6.92 Å². The van der Waals surface area contributed by atoms with E-state index in [-0.39, 0.29) is 10.8 Å². The van der Waals surface area contributed by atoms with Crippen molar-refractivity contribution in [3.05, 3.63) is 35.4 Å². The van der Waals surface area contributed by atoms with Gasteiger partial charge in [0.2, 0.25) is 0 Å². The third-order valence-corrected chi connectivity index (χ3v) is 5.59. The molecule has 3 rings (SSSR count). The lowest BCUT2D eigenvalue weighted by molar-refractivity contribution is -0.0958. The smallest absolute Gasteiger partial charge is 0.0912 e. The molecule has 0 bridgehead atoms. The lowest BCUT2D eigenvalue weighted by Crippen LogP contribution is -2.49. The number of aliphatic hydroxyl groups is 1. The van der Waals surface area contributed by atoms with Crippen LogP contribution < -0.4 is 0 Å². The molecule has 1 aromatic rings. The van der Waals surface area contributed by atoms with Gasteiger partial charge in [0.25, 0.3) is 0 Å². The number of hydrogen-bond acceptors (Lipinski definition) is 1. The van der Waals surface area contributed by atoms with Gasteiger partial charge in [0.05, 0.1) is 5.60 Å². The summed E-state index contributed by atoms with van der Waals surface area (Å²) in [6.07, 6.45) is 3.69. The highest BCUT2D eigenvalue weighted by atomic mass is 16.3. The van der Waals surface area contributed by atoms with Crippen molar-refractivity contribution in [1.29, 1.82) is 0 Å². The van der Waals surface area contributed by atoms with Gasteiger partial charge in [-0.1, -0.05) is 51.5 Å². The second-order valence-electron chi connectivity index (χ2n) is 7.39. The molecule has 0 amide bonds. The van der Waals surface area contributed by atoms with Crippen molar-refractivity contribution < 1.29 is 5.11 Å². The molecule has 0 saturated heterocycles. The Hall–Kier alpha value is -0.820. The summed E-state index contributed by atoms with van der Waals surface area (Å²) in [4.78, 5) is 0. The quantitative estimate of drug-likeness (QED) is 0.731. The van der Waals surface area contributed by atoms with Crippen LogP contribution in [0.1, 0.15) is 58.1 Å². The van der Waals surface area contributed by atoms with Crippen LogP contribution in [0.15, 0.2) is 24.3 Å². The Balaban J connectivity index is 2.26. The van der Waals surface area contributed by atoms with Crippen LogP contribution in [0.3, 0.4) is 0 Å². The average molecular weight is 244 g/mol. The van der Waals surface area contributed by atoms with Crippen molar-refractivity contribution in [2.24, 2.45) is 11.3 Å². The standard InChI is InChI=1S/C17H24O/c1-15(2)10-7-11-16(3)12-8-5-6-9-13(12)17(4,18)14(15)16/h5-6,8-9,14,18H,7,10-11H2,1-4H3/t14-,16?,17+/m0/s1. The highest BCUT2D eigenvalue weighted by Crippen LogP contribution is 2.64. The van der Waals surface area contributed by atoms with E-state index in [1.54, 1.807) is 0 Å². The van der Waals surface area contributed by atoms with E-state index in [9.17, 15) is 5.11 Å². The fourth-order valence-electron chi connectivity index (χ4n) is 5.31. The SMILES string of the molecule is CC1(C)CCCC2(C)c3ccccc3[C@@](C)(O)[C@@H]12. The van der Waals surface area contributed by atoms with Crippen molar-refractivity contribution >= 4 is 0 Å². The van der Waals surface area contributed by atoms with Gasteiger partial charge in [-0.25, -0.2) is 0 Å². The van der Waals surface area contributed by atoms with E-state index >= 15 is 0 Å². The van der Waals surface area contributed by atoms with E-state index < -0.39 is 5.60 Å². The third kappa shape index (κ3) is 1.31. The Labute approximate surface area is 110 Å². The molecular weight excluding hydrogens is 220 g/mol. The van der Waals surface area contributed by atoms with E-state index in [1.165, 1.54) is 24.8 Å². The zero-order chi connectivity index (χ0) is 13.2. The minimum absolute atomic E-state index is 0.141. The van der Waals surface area contributed by atoms with Crippen molar-refractivity contribution in [3.63, 3.8) is 0 Å². The van der Waals surface area contributed by atoms with E-state index in [0.717, 1.165) is 5.56 Å². The highest BCUT2D eigenvalue weighted by molar-refractivity contribution is 5.46. The lowest BCUT2D eigenvalue weighted by atomic mass is 9.54. The van der Waals surface area contributed by atoms with Crippen molar-refractivity contribution in [1.82, 2.24) is 0 Å². The molecule has 1 nitrogen and oxygen atoms in total. The molecule has 98 valence electrons. The molecule has 0 heterocycles. The summed E-state index contributed by atoms with van der Waals surface area (Å²) >= 11 is 0. The molecule has 1 heteroatoms. The summed E-state index contributed by atoms with van der Waals surface area (Å²) in [7, 11) is 0. The van der Waals surface area contributed by atoms with Gasteiger partial charge in [-0.05, 0) is 41.7 Å². The largest absolute Gasteiger partial charge is 0.385 e. The zero-order valence-corrected chi connectivity index (χ0v) is 12.0. The van der Waals surface area contributed by atoms with Gasteiger partial charge in [-0.15, -0.1) is 0 Å². The third-order valence-electron chi connectivity index (χ3n) is 5.59. The Morgan fingerprint density at radius 2 is 1.61 bits per heavy atom. The monoisotopic (exact) mass is 244 g/mol. The fraction of sp³-hybridized carbons (Fsp3) is 0.647. The number of hydrogen-bond donors (Lipinski definition) is 1. The van der Waals surface area contributed by atoms with Gasteiger partial charge in [-0.2, -0.15) is 0 Å². The first-order valence-corrected chi connectivity index (χ1v) is 7.12. The van der Waals surface area contributed by atoms with Crippen LogP contribution in [-0.2, 0) is 11.0 Å². The summed E-state index contributed by atoms with van der Waals surface area (Å²) in [5.41, 5.74) is 2.20. The predicted molar refractivity (Wildman–Crippen MR) is 74.5 cm³/mol. The highest BCUT2D eigenvalue weighted by Gasteiger charge is 2.61. The molecule has 1 saturated carbocycles. The molecule has 2 aliphatic carbocycles. The van der Waals surface area contributed by atoms with Crippen LogP contribution in [0, 0.1) is 11.3 Å². The van der Waals surface area contributed by atoms with Crippen LogP contribution in [0.5, 0.6) is 0 Å².